The van der Waals surface area contributed by atoms with E-state index >= 15 is 0 Å². The van der Waals surface area contributed by atoms with Gasteiger partial charge in [0.1, 0.15) is 0 Å². The fourth-order valence-corrected chi connectivity index (χ4v) is 4.63. The van der Waals surface area contributed by atoms with Crippen LogP contribution in [0.3, 0.4) is 0 Å². The van der Waals surface area contributed by atoms with Crippen molar-refractivity contribution in [2.24, 2.45) is 0 Å². The molecule has 1 aliphatic heterocycles. The molecule has 4 aromatic rings. The van der Waals surface area contributed by atoms with Gasteiger partial charge < -0.3 is 4.90 Å². The van der Waals surface area contributed by atoms with E-state index in [4.69, 9.17) is 0 Å². The number of benzene rings is 2. The standard InChI is InChI=1S/C23H18N6O3S/c30-21(27-12-10-16-8-9-19(29(31)32)13-20(16)27)15-33-23-26-25-22(17-5-4-11-24-14-17)28(23)18-6-2-1-3-7-18/h1-9,11,13-14H,10,12,15H2. The monoisotopic (exact) mass is 458 g/mol. The summed E-state index contributed by atoms with van der Waals surface area (Å²) in [4.78, 5) is 29.6. The molecule has 33 heavy (non-hydrogen) atoms. The summed E-state index contributed by atoms with van der Waals surface area (Å²) in [5.74, 6) is 0.622. The predicted molar refractivity (Wildman–Crippen MR) is 124 cm³/mol. The summed E-state index contributed by atoms with van der Waals surface area (Å²) < 4.78 is 1.90. The molecule has 0 bridgehead atoms. The lowest BCUT2D eigenvalue weighted by atomic mass is 10.1. The highest BCUT2D eigenvalue weighted by Gasteiger charge is 2.27. The molecule has 0 unspecified atom stereocenters. The molecule has 0 saturated carbocycles. The van der Waals surface area contributed by atoms with E-state index in [0.717, 1.165) is 16.8 Å². The lowest BCUT2D eigenvalue weighted by Crippen LogP contribution is -2.30. The summed E-state index contributed by atoms with van der Waals surface area (Å²) in [5, 5.41) is 20.4. The number of aromatic nitrogens is 4. The molecule has 0 radical (unpaired) electrons. The van der Waals surface area contributed by atoms with Gasteiger partial charge in [-0.25, -0.2) is 0 Å². The molecule has 0 saturated heterocycles. The maximum absolute atomic E-state index is 13.1. The number of nitro groups is 1. The van der Waals surface area contributed by atoms with Crippen molar-refractivity contribution in [2.75, 3.05) is 17.2 Å². The summed E-state index contributed by atoms with van der Waals surface area (Å²) in [6.45, 7) is 0.502. The molecule has 0 spiro atoms. The van der Waals surface area contributed by atoms with Gasteiger partial charge in [0.25, 0.3) is 5.69 Å². The SMILES string of the molecule is O=C(CSc1nnc(-c2cccnc2)n1-c1ccccc1)N1CCc2ccc([N+](=O)[O-])cc21. The molecule has 0 N–H and O–H groups in total. The quantitative estimate of drug-likeness (QED) is 0.245. The fourth-order valence-electron chi connectivity index (χ4n) is 3.80. The Morgan fingerprint density at radius 1 is 1.09 bits per heavy atom. The maximum Gasteiger partial charge on any atom is 0.271 e. The van der Waals surface area contributed by atoms with Crippen LogP contribution < -0.4 is 4.90 Å². The van der Waals surface area contributed by atoms with E-state index in [9.17, 15) is 14.9 Å². The van der Waals surface area contributed by atoms with Gasteiger partial charge in [0.2, 0.25) is 5.91 Å². The second-order valence-electron chi connectivity index (χ2n) is 7.37. The zero-order valence-electron chi connectivity index (χ0n) is 17.4. The number of anilines is 1. The van der Waals surface area contributed by atoms with Gasteiger partial charge >= 0.3 is 0 Å². The number of amides is 1. The zero-order valence-corrected chi connectivity index (χ0v) is 18.2. The van der Waals surface area contributed by atoms with Gasteiger partial charge in [0.15, 0.2) is 11.0 Å². The van der Waals surface area contributed by atoms with E-state index < -0.39 is 4.92 Å². The number of hydrogen-bond acceptors (Lipinski definition) is 7. The van der Waals surface area contributed by atoms with E-state index in [-0.39, 0.29) is 17.3 Å². The second-order valence-corrected chi connectivity index (χ2v) is 8.32. The number of nitro benzene ring substituents is 1. The van der Waals surface area contributed by atoms with Crippen molar-refractivity contribution >= 4 is 29.0 Å². The van der Waals surface area contributed by atoms with E-state index in [1.165, 1.54) is 23.9 Å². The Labute approximate surface area is 193 Å². The Kier molecular flexibility index (Phi) is 5.57. The maximum atomic E-state index is 13.1. The molecule has 10 heteroatoms. The van der Waals surface area contributed by atoms with Gasteiger partial charge in [-0.3, -0.25) is 24.5 Å². The van der Waals surface area contributed by atoms with Crippen molar-refractivity contribution < 1.29 is 9.72 Å². The number of nitrogens with zero attached hydrogens (tertiary/aromatic N) is 6. The molecule has 0 atom stereocenters. The van der Waals surface area contributed by atoms with Crippen molar-refractivity contribution in [3.63, 3.8) is 0 Å². The number of para-hydroxylation sites is 1. The van der Waals surface area contributed by atoms with Gasteiger partial charge in [-0.15, -0.1) is 10.2 Å². The van der Waals surface area contributed by atoms with Crippen molar-refractivity contribution in [2.45, 2.75) is 11.6 Å². The first-order valence-corrected chi connectivity index (χ1v) is 11.2. The van der Waals surface area contributed by atoms with Gasteiger partial charge in [0.05, 0.1) is 16.4 Å². The van der Waals surface area contributed by atoms with Gasteiger partial charge in [0, 0.05) is 42.3 Å². The predicted octanol–water partition coefficient (Wildman–Crippen LogP) is 3.92. The Morgan fingerprint density at radius 3 is 2.70 bits per heavy atom. The minimum atomic E-state index is -0.446. The molecular formula is C23H18N6O3S. The summed E-state index contributed by atoms with van der Waals surface area (Å²) in [5.41, 5.74) is 3.21. The van der Waals surface area contributed by atoms with Crippen molar-refractivity contribution in [1.82, 2.24) is 19.7 Å². The van der Waals surface area contributed by atoms with Crippen LogP contribution in [-0.2, 0) is 11.2 Å². The van der Waals surface area contributed by atoms with Crippen molar-refractivity contribution in [3.05, 3.63) is 88.7 Å². The molecule has 2 aromatic heterocycles. The van der Waals surface area contributed by atoms with Crippen LogP contribution in [0, 0.1) is 10.1 Å². The first kappa shape index (κ1) is 20.8. The number of thioether (sulfide) groups is 1. The number of fused-ring (bicyclic) bond motifs is 1. The zero-order chi connectivity index (χ0) is 22.8. The van der Waals surface area contributed by atoms with Crippen LogP contribution >= 0.6 is 11.8 Å². The van der Waals surface area contributed by atoms with Crippen molar-refractivity contribution in [3.8, 4) is 17.1 Å². The van der Waals surface area contributed by atoms with Gasteiger partial charge in [-0.1, -0.05) is 36.0 Å². The fraction of sp³-hybridized carbons (Fsp3) is 0.130. The molecule has 1 aliphatic rings. The number of hydrogen-bond donors (Lipinski definition) is 0. The van der Waals surface area contributed by atoms with Gasteiger partial charge in [-0.05, 0) is 36.2 Å². The van der Waals surface area contributed by atoms with Crippen LogP contribution in [0.4, 0.5) is 11.4 Å². The molecular weight excluding hydrogens is 440 g/mol. The Balaban J connectivity index is 1.41. The molecule has 164 valence electrons. The number of rotatable bonds is 6. The molecule has 5 rings (SSSR count). The Morgan fingerprint density at radius 2 is 1.94 bits per heavy atom. The molecule has 1 amide bonds. The average molecular weight is 459 g/mol. The van der Waals surface area contributed by atoms with Crippen molar-refractivity contribution in [1.29, 1.82) is 0 Å². The van der Waals surface area contributed by atoms with E-state index in [1.54, 1.807) is 23.4 Å². The summed E-state index contributed by atoms with van der Waals surface area (Å²) in [6.07, 6.45) is 4.09. The minimum absolute atomic E-state index is 0.0222. The second kappa shape index (κ2) is 8.83. The van der Waals surface area contributed by atoms with Gasteiger partial charge in [-0.2, -0.15) is 0 Å². The highest BCUT2D eigenvalue weighted by atomic mass is 32.2. The number of non-ortho nitro benzene ring substituents is 1. The third kappa shape index (κ3) is 4.08. The average Bonchev–Trinajstić information content (AvgIpc) is 3.47. The smallest absolute Gasteiger partial charge is 0.271 e. The molecule has 9 nitrogen and oxygen atoms in total. The number of carbonyl (C=O) groups is 1. The summed E-state index contributed by atoms with van der Waals surface area (Å²) >= 11 is 1.28. The lowest BCUT2D eigenvalue weighted by molar-refractivity contribution is -0.384. The van der Waals surface area contributed by atoms with Crippen LogP contribution in [0.5, 0.6) is 0 Å². The lowest BCUT2D eigenvalue weighted by Gasteiger charge is -2.17. The Bertz CT molecular complexity index is 1330. The third-order valence-corrected chi connectivity index (χ3v) is 6.28. The van der Waals surface area contributed by atoms with E-state index in [0.29, 0.717) is 29.6 Å². The first-order chi connectivity index (χ1) is 16.1. The normalized spacial score (nSPS) is 12.5. The first-order valence-electron chi connectivity index (χ1n) is 10.2. The van der Waals surface area contributed by atoms with Crippen LogP contribution in [0.1, 0.15) is 5.56 Å². The minimum Gasteiger partial charge on any atom is -0.311 e. The highest BCUT2D eigenvalue weighted by molar-refractivity contribution is 7.99. The van der Waals surface area contributed by atoms with E-state index in [2.05, 4.69) is 15.2 Å². The Hall–Kier alpha value is -4.05. The van der Waals surface area contributed by atoms with Crippen LogP contribution in [-0.4, -0.2) is 42.9 Å². The summed E-state index contributed by atoms with van der Waals surface area (Å²) in [6, 6.07) is 18.1. The topological polar surface area (TPSA) is 107 Å². The number of pyridine rings is 1. The van der Waals surface area contributed by atoms with Crippen LogP contribution in [0.25, 0.3) is 17.1 Å². The summed E-state index contributed by atoms with van der Waals surface area (Å²) in [7, 11) is 0. The van der Waals surface area contributed by atoms with E-state index in [1.807, 2.05) is 47.0 Å². The molecule has 0 aliphatic carbocycles. The highest BCUT2D eigenvalue weighted by Crippen LogP contribution is 2.33. The molecule has 2 aromatic carbocycles. The third-order valence-electron chi connectivity index (χ3n) is 5.37. The van der Waals surface area contributed by atoms with Crippen LogP contribution in [0.15, 0.2) is 78.2 Å². The molecule has 3 heterocycles. The molecule has 0 fully saturated rings. The van der Waals surface area contributed by atoms with Crippen LogP contribution in [0.2, 0.25) is 0 Å². The largest absolute Gasteiger partial charge is 0.311 e. The number of carbonyl (C=O) groups excluding carboxylic acids is 1.